The van der Waals surface area contributed by atoms with E-state index in [0.29, 0.717) is 31.2 Å². The van der Waals surface area contributed by atoms with Crippen LogP contribution in [0.3, 0.4) is 0 Å². The van der Waals surface area contributed by atoms with Gasteiger partial charge in [-0.3, -0.25) is 4.79 Å². The average molecular weight is 335 g/mol. The van der Waals surface area contributed by atoms with Gasteiger partial charge in [0.15, 0.2) is 0 Å². The van der Waals surface area contributed by atoms with Crippen LogP contribution in [0.2, 0.25) is 0 Å². The van der Waals surface area contributed by atoms with Crippen LogP contribution in [0.5, 0.6) is 0 Å². The van der Waals surface area contributed by atoms with Crippen molar-refractivity contribution in [1.82, 2.24) is 10.2 Å². The van der Waals surface area contributed by atoms with Crippen LogP contribution in [0, 0.1) is 6.92 Å². The fourth-order valence-electron chi connectivity index (χ4n) is 2.74. The molecule has 5 nitrogen and oxygen atoms in total. The third-order valence-corrected chi connectivity index (χ3v) is 4.08. The van der Waals surface area contributed by atoms with Crippen molar-refractivity contribution in [3.8, 4) is 11.5 Å². The predicted molar refractivity (Wildman–Crippen MR) is 97.3 cm³/mol. The summed E-state index contributed by atoms with van der Waals surface area (Å²) in [5.74, 6) is 1.02. The lowest BCUT2D eigenvalue weighted by Crippen LogP contribution is -2.30. The summed E-state index contributed by atoms with van der Waals surface area (Å²) in [5.41, 5.74) is 2.91. The van der Waals surface area contributed by atoms with Gasteiger partial charge >= 0.3 is 0 Å². The first-order valence-corrected chi connectivity index (χ1v) is 8.43. The Morgan fingerprint density at radius 3 is 2.48 bits per heavy atom. The van der Waals surface area contributed by atoms with Gasteiger partial charge in [0.1, 0.15) is 0 Å². The molecule has 0 fully saturated rings. The second-order valence-corrected chi connectivity index (χ2v) is 5.79. The van der Waals surface area contributed by atoms with Crippen molar-refractivity contribution in [2.24, 2.45) is 0 Å². The van der Waals surface area contributed by atoms with E-state index in [2.05, 4.69) is 10.2 Å². The molecule has 0 bridgehead atoms. The number of rotatable bonds is 6. The van der Waals surface area contributed by atoms with Gasteiger partial charge in [-0.1, -0.05) is 36.4 Å². The van der Waals surface area contributed by atoms with Gasteiger partial charge < -0.3 is 9.32 Å². The predicted octanol–water partition coefficient (Wildman–Crippen LogP) is 4.03. The Hall–Kier alpha value is -2.95. The molecule has 0 aliphatic rings. The number of carbonyl (C=O) groups excluding carboxylic acids is 1. The average Bonchev–Trinajstić information content (AvgIpc) is 3.11. The van der Waals surface area contributed by atoms with E-state index in [1.54, 1.807) is 4.90 Å². The van der Waals surface area contributed by atoms with Crippen LogP contribution < -0.4 is 4.90 Å². The van der Waals surface area contributed by atoms with Gasteiger partial charge in [0, 0.05) is 30.6 Å². The Labute approximate surface area is 147 Å². The minimum atomic E-state index is 0.0457. The number of nitrogens with zero attached hydrogens (tertiary/aromatic N) is 3. The molecular formula is C20H21N3O2. The second-order valence-electron chi connectivity index (χ2n) is 5.79. The van der Waals surface area contributed by atoms with Gasteiger partial charge in [-0.2, -0.15) is 0 Å². The van der Waals surface area contributed by atoms with Gasteiger partial charge in [0.05, 0.1) is 0 Å². The molecule has 5 heteroatoms. The number of amides is 1. The molecule has 1 aromatic heterocycles. The zero-order valence-corrected chi connectivity index (χ0v) is 14.5. The zero-order valence-electron chi connectivity index (χ0n) is 14.5. The topological polar surface area (TPSA) is 59.2 Å². The molecule has 0 saturated carbocycles. The first kappa shape index (κ1) is 16.9. The molecule has 1 heterocycles. The molecule has 1 amide bonds. The first-order valence-electron chi connectivity index (χ1n) is 8.43. The van der Waals surface area contributed by atoms with Crippen LogP contribution in [-0.2, 0) is 11.2 Å². The largest absolute Gasteiger partial charge is 0.421 e. The highest BCUT2D eigenvalue weighted by atomic mass is 16.4. The Morgan fingerprint density at radius 2 is 1.76 bits per heavy atom. The van der Waals surface area contributed by atoms with Crippen molar-refractivity contribution in [2.45, 2.75) is 26.7 Å². The van der Waals surface area contributed by atoms with Gasteiger partial charge in [-0.05, 0) is 37.6 Å². The van der Waals surface area contributed by atoms with E-state index >= 15 is 0 Å². The van der Waals surface area contributed by atoms with Crippen molar-refractivity contribution in [1.29, 1.82) is 0 Å². The van der Waals surface area contributed by atoms with E-state index in [9.17, 15) is 4.79 Å². The van der Waals surface area contributed by atoms with E-state index < -0.39 is 0 Å². The molecule has 0 radical (unpaired) electrons. The standard InChI is InChI=1S/C20H21N3O2/c1-3-23(16-10-5-4-6-11-16)19(24)14-13-18-21-22-20(25-18)17-12-8-7-9-15(17)2/h4-12H,3,13-14H2,1-2H3. The molecular weight excluding hydrogens is 314 g/mol. The van der Waals surface area contributed by atoms with Crippen molar-refractivity contribution < 1.29 is 9.21 Å². The Balaban J connectivity index is 1.66. The summed E-state index contributed by atoms with van der Waals surface area (Å²) in [7, 11) is 0. The number of benzene rings is 2. The first-order chi connectivity index (χ1) is 12.2. The maximum atomic E-state index is 12.5. The van der Waals surface area contributed by atoms with E-state index in [1.807, 2.05) is 68.4 Å². The fraction of sp³-hybridized carbons (Fsp3) is 0.250. The zero-order chi connectivity index (χ0) is 17.6. The molecule has 3 aromatic rings. The highest BCUT2D eigenvalue weighted by Crippen LogP contribution is 2.22. The summed E-state index contributed by atoms with van der Waals surface area (Å²) in [6.45, 7) is 4.59. The Kier molecular flexibility index (Phi) is 5.23. The Morgan fingerprint density at radius 1 is 1.04 bits per heavy atom. The van der Waals surface area contributed by atoms with Crippen LogP contribution in [0.4, 0.5) is 5.69 Å². The number of carbonyl (C=O) groups is 1. The van der Waals surface area contributed by atoms with Gasteiger partial charge in [0.2, 0.25) is 17.7 Å². The molecule has 2 aromatic carbocycles. The smallest absolute Gasteiger partial charge is 0.247 e. The number of hydrogen-bond acceptors (Lipinski definition) is 4. The molecule has 0 aliphatic heterocycles. The molecule has 0 atom stereocenters. The molecule has 0 unspecified atom stereocenters. The molecule has 0 spiro atoms. The fourth-order valence-corrected chi connectivity index (χ4v) is 2.74. The van der Waals surface area contributed by atoms with Crippen LogP contribution in [0.25, 0.3) is 11.5 Å². The van der Waals surface area contributed by atoms with Crippen molar-refractivity contribution in [3.63, 3.8) is 0 Å². The highest BCUT2D eigenvalue weighted by molar-refractivity contribution is 5.93. The molecule has 0 saturated heterocycles. The summed E-state index contributed by atoms with van der Waals surface area (Å²) < 4.78 is 5.73. The summed E-state index contributed by atoms with van der Waals surface area (Å²) >= 11 is 0. The number of aryl methyl sites for hydroxylation is 2. The second kappa shape index (κ2) is 7.75. The van der Waals surface area contributed by atoms with E-state index in [0.717, 1.165) is 16.8 Å². The van der Waals surface area contributed by atoms with Crippen molar-refractivity contribution in [3.05, 3.63) is 66.1 Å². The summed E-state index contributed by atoms with van der Waals surface area (Å²) in [6.07, 6.45) is 0.763. The third-order valence-electron chi connectivity index (χ3n) is 4.08. The highest BCUT2D eigenvalue weighted by Gasteiger charge is 2.16. The van der Waals surface area contributed by atoms with E-state index in [4.69, 9.17) is 4.42 Å². The lowest BCUT2D eigenvalue weighted by molar-refractivity contribution is -0.118. The molecule has 0 N–H and O–H groups in total. The SMILES string of the molecule is CCN(C(=O)CCc1nnc(-c2ccccc2C)o1)c1ccccc1. The molecule has 3 rings (SSSR count). The third kappa shape index (κ3) is 3.94. The van der Waals surface area contributed by atoms with Gasteiger partial charge in [-0.15, -0.1) is 10.2 Å². The quantitative estimate of drug-likeness (QED) is 0.682. The maximum absolute atomic E-state index is 12.5. The molecule has 25 heavy (non-hydrogen) atoms. The van der Waals surface area contributed by atoms with Gasteiger partial charge in [0.25, 0.3) is 0 Å². The number of aromatic nitrogens is 2. The normalized spacial score (nSPS) is 10.6. The van der Waals surface area contributed by atoms with Crippen LogP contribution in [-0.4, -0.2) is 22.6 Å². The van der Waals surface area contributed by atoms with Crippen LogP contribution >= 0.6 is 0 Å². The van der Waals surface area contributed by atoms with E-state index in [1.165, 1.54) is 0 Å². The summed E-state index contributed by atoms with van der Waals surface area (Å²) in [5, 5.41) is 8.18. The summed E-state index contributed by atoms with van der Waals surface area (Å²) in [6, 6.07) is 17.5. The van der Waals surface area contributed by atoms with E-state index in [-0.39, 0.29) is 5.91 Å². The van der Waals surface area contributed by atoms with Crippen molar-refractivity contribution in [2.75, 3.05) is 11.4 Å². The van der Waals surface area contributed by atoms with Gasteiger partial charge in [-0.25, -0.2) is 0 Å². The summed E-state index contributed by atoms with van der Waals surface area (Å²) in [4.78, 5) is 14.3. The minimum Gasteiger partial charge on any atom is -0.421 e. The monoisotopic (exact) mass is 335 g/mol. The van der Waals surface area contributed by atoms with Crippen molar-refractivity contribution >= 4 is 11.6 Å². The van der Waals surface area contributed by atoms with Crippen LogP contribution in [0.1, 0.15) is 24.8 Å². The lowest BCUT2D eigenvalue weighted by atomic mass is 10.1. The molecule has 0 aliphatic carbocycles. The molecule has 128 valence electrons. The lowest BCUT2D eigenvalue weighted by Gasteiger charge is -2.20. The number of hydrogen-bond donors (Lipinski definition) is 0. The number of anilines is 1. The minimum absolute atomic E-state index is 0.0457. The maximum Gasteiger partial charge on any atom is 0.247 e. The number of para-hydroxylation sites is 1. The Bertz CT molecular complexity index is 843. The van der Waals surface area contributed by atoms with Crippen LogP contribution in [0.15, 0.2) is 59.0 Å².